The molecule has 0 spiro atoms. The average molecular weight is 301 g/mol. The molecule has 0 radical (unpaired) electrons. The molecular formula is C16H15NO3S. The third-order valence-electron chi connectivity index (χ3n) is 3.66. The summed E-state index contributed by atoms with van der Waals surface area (Å²) < 4.78 is 0. The summed E-state index contributed by atoms with van der Waals surface area (Å²) in [6, 6.07) is 8.97. The molecule has 0 saturated carbocycles. The van der Waals surface area contributed by atoms with E-state index in [1.54, 1.807) is 13.0 Å². The summed E-state index contributed by atoms with van der Waals surface area (Å²) in [6.45, 7) is 1.75. The highest BCUT2D eigenvalue weighted by Gasteiger charge is 2.18. The first-order valence-electron chi connectivity index (χ1n) is 6.63. The molecular weight excluding hydrogens is 286 g/mol. The van der Waals surface area contributed by atoms with Crippen molar-refractivity contribution in [2.45, 2.75) is 29.6 Å². The van der Waals surface area contributed by atoms with Gasteiger partial charge in [0.05, 0.1) is 5.71 Å². The van der Waals surface area contributed by atoms with E-state index in [-0.39, 0.29) is 11.5 Å². The lowest BCUT2D eigenvalue weighted by atomic mass is 10.0. The third-order valence-corrected chi connectivity index (χ3v) is 4.87. The number of hydrogen-bond donors (Lipinski definition) is 3. The SMILES string of the molecule is C/C(=N/O)c1ccc2c(c1)CCc1c(O)cc(O)cc1S2. The van der Waals surface area contributed by atoms with E-state index < -0.39 is 0 Å². The van der Waals surface area contributed by atoms with Crippen molar-refractivity contribution in [1.29, 1.82) is 0 Å². The van der Waals surface area contributed by atoms with Gasteiger partial charge in [-0.15, -0.1) is 0 Å². The smallest absolute Gasteiger partial charge is 0.123 e. The van der Waals surface area contributed by atoms with Crippen molar-refractivity contribution in [3.05, 3.63) is 47.0 Å². The molecule has 0 saturated heterocycles. The minimum atomic E-state index is 0.0714. The van der Waals surface area contributed by atoms with E-state index in [9.17, 15) is 10.2 Å². The normalized spacial score (nSPS) is 14.2. The highest BCUT2D eigenvalue weighted by Crippen LogP contribution is 2.42. The fourth-order valence-corrected chi connectivity index (χ4v) is 3.67. The summed E-state index contributed by atoms with van der Waals surface area (Å²) in [5, 5.41) is 31.7. The van der Waals surface area contributed by atoms with Crippen LogP contribution in [0.25, 0.3) is 0 Å². The molecule has 3 rings (SSSR count). The first kappa shape index (κ1) is 13.8. The van der Waals surface area contributed by atoms with Crippen LogP contribution in [0.3, 0.4) is 0 Å². The molecule has 4 nitrogen and oxygen atoms in total. The van der Waals surface area contributed by atoms with E-state index in [1.807, 2.05) is 18.2 Å². The van der Waals surface area contributed by atoms with Crippen LogP contribution in [0.4, 0.5) is 0 Å². The van der Waals surface area contributed by atoms with Gasteiger partial charge in [0.2, 0.25) is 0 Å². The van der Waals surface area contributed by atoms with Crippen molar-refractivity contribution in [2.24, 2.45) is 5.16 Å². The van der Waals surface area contributed by atoms with Gasteiger partial charge in [0, 0.05) is 21.4 Å². The molecule has 2 aromatic carbocycles. The van der Waals surface area contributed by atoms with Crippen LogP contribution in [0.1, 0.15) is 23.6 Å². The number of aromatic hydroxyl groups is 2. The molecule has 0 unspecified atom stereocenters. The van der Waals surface area contributed by atoms with Crippen LogP contribution in [-0.4, -0.2) is 21.1 Å². The van der Waals surface area contributed by atoms with E-state index in [0.717, 1.165) is 32.9 Å². The van der Waals surface area contributed by atoms with E-state index >= 15 is 0 Å². The lowest BCUT2D eigenvalue weighted by Crippen LogP contribution is -1.98. The summed E-state index contributed by atoms with van der Waals surface area (Å²) >= 11 is 1.54. The fraction of sp³-hybridized carbons (Fsp3) is 0.188. The maximum atomic E-state index is 10.00. The van der Waals surface area contributed by atoms with Gasteiger partial charge in [0.1, 0.15) is 11.5 Å². The zero-order valence-corrected chi connectivity index (χ0v) is 12.3. The van der Waals surface area contributed by atoms with E-state index in [2.05, 4.69) is 5.16 Å². The first-order valence-corrected chi connectivity index (χ1v) is 7.45. The van der Waals surface area contributed by atoms with Gasteiger partial charge >= 0.3 is 0 Å². The molecule has 1 heterocycles. The summed E-state index contributed by atoms with van der Waals surface area (Å²) in [7, 11) is 0. The second-order valence-electron chi connectivity index (χ2n) is 5.05. The minimum Gasteiger partial charge on any atom is -0.508 e. The maximum Gasteiger partial charge on any atom is 0.123 e. The largest absolute Gasteiger partial charge is 0.508 e. The quantitative estimate of drug-likeness (QED) is 0.428. The molecule has 108 valence electrons. The number of aryl methyl sites for hydroxylation is 1. The van der Waals surface area contributed by atoms with Crippen LogP contribution in [0.5, 0.6) is 11.5 Å². The van der Waals surface area contributed by atoms with Crippen molar-refractivity contribution >= 4 is 17.5 Å². The Balaban J connectivity index is 2.05. The van der Waals surface area contributed by atoms with Crippen LogP contribution < -0.4 is 0 Å². The summed E-state index contributed by atoms with van der Waals surface area (Å²) in [5.74, 6) is 0.209. The number of phenols is 2. The Morgan fingerprint density at radius 2 is 1.90 bits per heavy atom. The third kappa shape index (κ3) is 2.56. The van der Waals surface area contributed by atoms with Crippen LogP contribution in [0.15, 0.2) is 45.3 Å². The van der Waals surface area contributed by atoms with Crippen molar-refractivity contribution in [1.82, 2.24) is 0 Å². The molecule has 3 N–H and O–H groups in total. The van der Waals surface area contributed by atoms with E-state index in [1.165, 1.54) is 17.8 Å². The number of phenolic OH excluding ortho intramolecular Hbond substituents is 2. The Hall–Kier alpha value is -2.14. The number of nitrogens with zero attached hydrogens (tertiary/aromatic N) is 1. The maximum absolute atomic E-state index is 10.00. The molecule has 5 heteroatoms. The Morgan fingerprint density at radius 1 is 1.10 bits per heavy atom. The number of oxime groups is 1. The fourth-order valence-electron chi connectivity index (χ4n) is 2.49. The van der Waals surface area contributed by atoms with Crippen molar-refractivity contribution in [3.8, 4) is 11.5 Å². The zero-order valence-electron chi connectivity index (χ0n) is 11.5. The highest BCUT2D eigenvalue weighted by atomic mass is 32.2. The molecule has 1 aliphatic rings. The molecule has 0 aliphatic carbocycles. The number of benzene rings is 2. The molecule has 1 aliphatic heterocycles. The molecule has 0 aromatic heterocycles. The zero-order chi connectivity index (χ0) is 15.0. The standard InChI is InChI=1S/C16H15NO3S/c1-9(17-20)10-3-5-15-11(6-10)2-4-13-14(19)7-12(18)8-16(13)21-15/h3,5-8,18-20H,2,4H2,1H3/b17-9-. The predicted molar refractivity (Wildman–Crippen MR) is 81.7 cm³/mol. The predicted octanol–water partition coefficient (Wildman–Crippen LogP) is 3.55. The molecule has 0 bridgehead atoms. The van der Waals surface area contributed by atoms with Gasteiger partial charge in [-0.3, -0.25) is 0 Å². The monoisotopic (exact) mass is 301 g/mol. The number of hydrogen-bond acceptors (Lipinski definition) is 5. The number of fused-ring (bicyclic) bond motifs is 2. The van der Waals surface area contributed by atoms with Gasteiger partial charge < -0.3 is 15.4 Å². The van der Waals surface area contributed by atoms with E-state index in [4.69, 9.17) is 5.21 Å². The molecule has 0 fully saturated rings. The molecule has 0 amide bonds. The highest BCUT2D eigenvalue weighted by molar-refractivity contribution is 7.99. The van der Waals surface area contributed by atoms with Crippen molar-refractivity contribution in [3.63, 3.8) is 0 Å². The Morgan fingerprint density at radius 3 is 2.67 bits per heavy atom. The number of rotatable bonds is 1. The van der Waals surface area contributed by atoms with Gasteiger partial charge in [0.25, 0.3) is 0 Å². The Labute approximate surface area is 126 Å². The average Bonchev–Trinajstić information content (AvgIpc) is 2.64. The van der Waals surface area contributed by atoms with Gasteiger partial charge in [-0.05, 0) is 49.1 Å². The van der Waals surface area contributed by atoms with Gasteiger partial charge in [-0.25, -0.2) is 0 Å². The van der Waals surface area contributed by atoms with Gasteiger partial charge in [-0.2, -0.15) is 0 Å². The van der Waals surface area contributed by atoms with Crippen molar-refractivity contribution in [2.75, 3.05) is 0 Å². The van der Waals surface area contributed by atoms with Gasteiger partial charge in [-0.1, -0.05) is 23.0 Å². The topological polar surface area (TPSA) is 73.1 Å². The lowest BCUT2D eigenvalue weighted by molar-refractivity contribution is 0.319. The van der Waals surface area contributed by atoms with Crippen LogP contribution in [0.2, 0.25) is 0 Å². The lowest BCUT2D eigenvalue weighted by Gasteiger charge is -2.08. The van der Waals surface area contributed by atoms with Crippen LogP contribution in [0, 0.1) is 0 Å². The Kier molecular flexibility index (Phi) is 3.51. The first-order chi connectivity index (χ1) is 10.1. The van der Waals surface area contributed by atoms with Crippen LogP contribution in [-0.2, 0) is 12.8 Å². The summed E-state index contributed by atoms with van der Waals surface area (Å²) in [6.07, 6.45) is 1.50. The summed E-state index contributed by atoms with van der Waals surface area (Å²) in [5.41, 5.74) is 3.47. The minimum absolute atomic E-state index is 0.0714. The molecule has 0 atom stereocenters. The second-order valence-corrected chi connectivity index (χ2v) is 6.14. The van der Waals surface area contributed by atoms with Crippen LogP contribution >= 0.6 is 11.8 Å². The second kappa shape index (κ2) is 5.33. The van der Waals surface area contributed by atoms with E-state index in [0.29, 0.717) is 12.1 Å². The molecule has 2 aromatic rings. The molecule has 21 heavy (non-hydrogen) atoms. The van der Waals surface area contributed by atoms with Crippen molar-refractivity contribution < 1.29 is 15.4 Å². The summed E-state index contributed by atoms with van der Waals surface area (Å²) in [4.78, 5) is 1.97. The Bertz CT molecular complexity index is 741. The van der Waals surface area contributed by atoms with Gasteiger partial charge in [0.15, 0.2) is 0 Å².